The van der Waals surface area contributed by atoms with Gasteiger partial charge in [0.15, 0.2) is 0 Å². The normalized spacial score (nSPS) is 12.6. The van der Waals surface area contributed by atoms with Crippen LogP contribution >= 0.6 is 0 Å². The Labute approximate surface area is 67.0 Å². The predicted octanol–water partition coefficient (Wildman–Crippen LogP) is -0.907. The smallest absolute Gasteiger partial charge is 0.236 e. The minimum atomic E-state index is -0.174. The third-order valence-electron chi connectivity index (χ3n) is 1.43. The molecule has 0 heterocycles. The highest BCUT2D eigenvalue weighted by Crippen LogP contribution is 1.81. The summed E-state index contributed by atoms with van der Waals surface area (Å²) in [5, 5.41) is 13.9. The van der Waals surface area contributed by atoms with Gasteiger partial charge in [0.2, 0.25) is 5.91 Å². The molecule has 0 radical (unpaired) electrons. The zero-order chi connectivity index (χ0) is 8.69. The van der Waals surface area contributed by atoms with Gasteiger partial charge in [-0.15, -0.1) is 0 Å². The predicted molar refractivity (Wildman–Crippen MR) is 43.2 cm³/mol. The summed E-state index contributed by atoms with van der Waals surface area (Å²) < 4.78 is 0. The number of rotatable bonds is 5. The number of hydrogen-bond donors (Lipinski definition) is 3. The second kappa shape index (κ2) is 6.12. The van der Waals surface area contributed by atoms with E-state index in [4.69, 9.17) is 5.11 Å². The van der Waals surface area contributed by atoms with Crippen LogP contribution in [0.5, 0.6) is 0 Å². The Morgan fingerprint density at radius 1 is 1.64 bits per heavy atom. The summed E-state index contributed by atoms with van der Waals surface area (Å²) in [5.41, 5.74) is 0. The summed E-state index contributed by atoms with van der Waals surface area (Å²) in [5.74, 6) is -0.0251. The van der Waals surface area contributed by atoms with Crippen molar-refractivity contribution >= 4 is 5.91 Å². The van der Waals surface area contributed by atoms with E-state index in [0.717, 1.165) is 0 Å². The highest BCUT2D eigenvalue weighted by molar-refractivity contribution is 5.80. The molecule has 0 aliphatic heterocycles. The van der Waals surface area contributed by atoms with Crippen LogP contribution in [0.4, 0.5) is 0 Å². The van der Waals surface area contributed by atoms with Crippen molar-refractivity contribution in [2.24, 2.45) is 0 Å². The molecule has 0 aliphatic rings. The van der Waals surface area contributed by atoms with Gasteiger partial charge in [-0.2, -0.15) is 0 Å². The van der Waals surface area contributed by atoms with Crippen molar-refractivity contribution in [2.75, 3.05) is 20.2 Å². The molecule has 1 amide bonds. The number of hydrogen-bond acceptors (Lipinski definition) is 3. The fourth-order valence-electron chi connectivity index (χ4n) is 0.707. The van der Waals surface area contributed by atoms with E-state index in [1.807, 2.05) is 0 Å². The molecule has 0 aromatic rings. The highest BCUT2D eigenvalue weighted by Gasteiger charge is 2.07. The average molecular weight is 160 g/mol. The lowest BCUT2D eigenvalue weighted by molar-refractivity contribution is -0.122. The molecule has 0 aliphatic carbocycles. The quantitative estimate of drug-likeness (QED) is 0.456. The minimum Gasteiger partial charge on any atom is -0.396 e. The number of amides is 1. The molecule has 0 fully saturated rings. The first-order chi connectivity index (χ1) is 5.22. The van der Waals surface area contributed by atoms with Gasteiger partial charge >= 0.3 is 0 Å². The Morgan fingerprint density at radius 2 is 2.27 bits per heavy atom. The van der Waals surface area contributed by atoms with Crippen LogP contribution in [-0.4, -0.2) is 37.3 Å². The van der Waals surface area contributed by atoms with Crippen LogP contribution in [0.1, 0.15) is 13.3 Å². The summed E-state index contributed by atoms with van der Waals surface area (Å²) in [7, 11) is 1.60. The van der Waals surface area contributed by atoms with E-state index in [-0.39, 0.29) is 18.6 Å². The van der Waals surface area contributed by atoms with Crippen LogP contribution in [0, 0.1) is 0 Å². The summed E-state index contributed by atoms with van der Waals surface area (Å²) in [6.45, 7) is 2.62. The van der Waals surface area contributed by atoms with Gasteiger partial charge in [0.1, 0.15) is 0 Å². The van der Waals surface area contributed by atoms with Crippen LogP contribution in [0.15, 0.2) is 0 Å². The molecule has 0 saturated heterocycles. The summed E-state index contributed by atoms with van der Waals surface area (Å²) in [6, 6.07) is -0.174. The summed E-state index contributed by atoms with van der Waals surface area (Å²) in [6.07, 6.45) is 0.682. The fraction of sp³-hybridized carbons (Fsp3) is 0.857. The van der Waals surface area contributed by atoms with Crippen molar-refractivity contribution in [3.63, 3.8) is 0 Å². The molecule has 1 atom stereocenters. The molecule has 4 nitrogen and oxygen atoms in total. The molecule has 3 N–H and O–H groups in total. The van der Waals surface area contributed by atoms with E-state index >= 15 is 0 Å². The van der Waals surface area contributed by atoms with Crippen molar-refractivity contribution in [2.45, 2.75) is 19.4 Å². The first-order valence-electron chi connectivity index (χ1n) is 3.78. The molecule has 0 saturated carbocycles. The lowest BCUT2D eigenvalue weighted by Gasteiger charge is -2.10. The van der Waals surface area contributed by atoms with E-state index in [0.29, 0.717) is 13.0 Å². The number of carbonyl (C=O) groups is 1. The van der Waals surface area contributed by atoms with Crippen molar-refractivity contribution in [1.29, 1.82) is 0 Å². The third kappa shape index (κ3) is 4.75. The number of aliphatic hydroxyl groups is 1. The van der Waals surface area contributed by atoms with Crippen LogP contribution in [-0.2, 0) is 4.79 Å². The maximum atomic E-state index is 10.9. The maximum absolute atomic E-state index is 10.9. The van der Waals surface area contributed by atoms with E-state index in [1.165, 1.54) is 0 Å². The zero-order valence-electron chi connectivity index (χ0n) is 7.05. The van der Waals surface area contributed by atoms with E-state index in [1.54, 1.807) is 14.0 Å². The number of aliphatic hydroxyl groups excluding tert-OH is 1. The number of likely N-dealkylation sites (N-methyl/N-ethyl adjacent to an activating group) is 1. The molecule has 66 valence electrons. The van der Waals surface area contributed by atoms with Gasteiger partial charge < -0.3 is 15.7 Å². The van der Waals surface area contributed by atoms with Gasteiger partial charge in [0.05, 0.1) is 6.04 Å². The molecule has 1 unspecified atom stereocenters. The Bertz CT molecular complexity index is 117. The van der Waals surface area contributed by atoms with Gasteiger partial charge in [0, 0.05) is 13.7 Å². The van der Waals surface area contributed by atoms with Crippen LogP contribution in [0.3, 0.4) is 0 Å². The molecule has 0 aromatic heterocycles. The highest BCUT2D eigenvalue weighted by atomic mass is 16.3. The standard InChI is InChI=1S/C7H16N2O2/c1-6(7(11)8-2)9-4-3-5-10/h6,9-10H,3-5H2,1-2H3,(H,8,11). The lowest BCUT2D eigenvalue weighted by atomic mass is 10.3. The van der Waals surface area contributed by atoms with Crippen molar-refractivity contribution in [3.8, 4) is 0 Å². The largest absolute Gasteiger partial charge is 0.396 e. The molecular weight excluding hydrogens is 144 g/mol. The maximum Gasteiger partial charge on any atom is 0.236 e. The Balaban J connectivity index is 3.36. The average Bonchev–Trinajstić information content (AvgIpc) is 2.03. The van der Waals surface area contributed by atoms with E-state index in [2.05, 4.69) is 10.6 Å². The number of nitrogens with one attached hydrogen (secondary N) is 2. The summed E-state index contributed by atoms with van der Waals surface area (Å²) in [4.78, 5) is 10.9. The van der Waals surface area contributed by atoms with Gasteiger partial charge in [-0.1, -0.05) is 0 Å². The SMILES string of the molecule is CNC(=O)C(C)NCCCO. The van der Waals surface area contributed by atoms with Crippen molar-refractivity contribution in [3.05, 3.63) is 0 Å². The van der Waals surface area contributed by atoms with Crippen molar-refractivity contribution in [1.82, 2.24) is 10.6 Å². The van der Waals surface area contributed by atoms with Crippen LogP contribution in [0.2, 0.25) is 0 Å². The third-order valence-corrected chi connectivity index (χ3v) is 1.43. The molecule has 0 bridgehead atoms. The second-order valence-corrected chi connectivity index (χ2v) is 2.37. The van der Waals surface area contributed by atoms with Gasteiger partial charge in [0.25, 0.3) is 0 Å². The lowest BCUT2D eigenvalue weighted by Crippen LogP contribution is -2.41. The zero-order valence-corrected chi connectivity index (χ0v) is 7.05. The van der Waals surface area contributed by atoms with Crippen LogP contribution in [0.25, 0.3) is 0 Å². The summed E-state index contributed by atoms with van der Waals surface area (Å²) >= 11 is 0. The molecule has 0 spiro atoms. The first kappa shape index (κ1) is 10.4. The van der Waals surface area contributed by atoms with Gasteiger partial charge in [-0.3, -0.25) is 4.79 Å². The molecule has 11 heavy (non-hydrogen) atoms. The second-order valence-electron chi connectivity index (χ2n) is 2.37. The van der Waals surface area contributed by atoms with E-state index in [9.17, 15) is 4.79 Å². The fourth-order valence-corrected chi connectivity index (χ4v) is 0.707. The van der Waals surface area contributed by atoms with E-state index < -0.39 is 0 Å². The Morgan fingerprint density at radius 3 is 2.73 bits per heavy atom. The van der Waals surface area contributed by atoms with Gasteiger partial charge in [-0.25, -0.2) is 0 Å². The molecule has 4 heteroatoms. The first-order valence-corrected chi connectivity index (χ1v) is 3.78. The molecule has 0 rings (SSSR count). The topological polar surface area (TPSA) is 61.4 Å². The van der Waals surface area contributed by atoms with Crippen LogP contribution < -0.4 is 10.6 Å². The van der Waals surface area contributed by atoms with Gasteiger partial charge in [-0.05, 0) is 19.9 Å². The number of carbonyl (C=O) groups excluding carboxylic acids is 1. The molecule has 0 aromatic carbocycles. The van der Waals surface area contributed by atoms with Crippen molar-refractivity contribution < 1.29 is 9.90 Å². The monoisotopic (exact) mass is 160 g/mol. The minimum absolute atomic E-state index is 0.0251. The molecular formula is C7H16N2O2. The Hall–Kier alpha value is -0.610. The Kier molecular flexibility index (Phi) is 5.78.